The Morgan fingerprint density at radius 3 is 2.20 bits per heavy atom. The van der Waals surface area contributed by atoms with Gasteiger partial charge in [0.2, 0.25) is 0 Å². The standard InChI is InChI=1S/C19H32N4O2/c1-16-11-23(12-17(2)25-16)15-19(24)14-22-9-7-21(8-10-22)13-18-3-5-20-6-4-18/h3-6,16-17,19,24H,7-15H2,1-2H3. The van der Waals surface area contributed by atoms with Crippen LogP contribution in [0.2, 0.25) is 0 Å². The Kier molecular flexibility index (Phi) is 6.78. The number of hydrogen-bond acceptors (Lipinski definition) is 6. The molecule has 2 aliphatic rings. The SMILES string of the molecule is CC1CN(CC(O)CN2CCN(Cc3ccncc3)CC2)CC(C)O1. The number of morpholine rings is 1. The van der Waals surface area contributed by atoms with E-state index in [9.17, 15) is 5.11 Å². The monoisotopic (exact) mass is 348 g/mol. The molecule has 2 fully saturated rings. The highest BCUT2D eigenvalue weighted by Crippen LogP contribution is 2.12. The van der Waals surface area contributed by atoms with E-state index in [2.05, 4.69) is 45.7 Å². The first-order valence-corrected chi connectivity index (χ1v) is 9.48. The first-order chi connectivity index (χ1) is 12.1. The Morgan fingerprint density at radius 1 is 1.00 bits per heavy atom. The van der Waals surface area contributed by atoms with Gasteiger partial charge in [-0.25, -0.2) is 0 Å². The molecule has 1 aromatic rings. The van der Waals surface area contributed by atoms with Gasteiger partial charge in [0.25, 0.3) is 0 Å². The molecule has 25 heavy (non-hydrogen) atoms. The van der Waals surface area contributed by atoms with Crippen LogP contribution in [0.3, 0.4) is 0 Å². The maximum Gasteiger partial charge on any atom is 0.0793 e. The summed E-state index contributed by atoms with van der Waals surface area (Å²) in [5.74, 6) is 0. The van der Waals surface area contributed by atoms with E-state index in [0.717, 1.165) is 58.9 Å². The van der Waals surface area contributed by atoms with E-state index in [0.29, 0.717) is 0 Å². The molecule has 0 aliphatic carbocycles. The van der Waals surface area contributed by atoms with Gasteiger partial charge in [0.05, 0.1) is 18.3 Å². The van der Waals surface area contributed by atoms with Gasteiger partial charge >= 0.3 is 0 Å². The van der Waals surface area contributed by atoms with E-state index in [1.165, 1.54) is 5.56 Å². The number of β-amino-alcohol motifs (C(OH)–C–C–N with tert-alkyl or cyclic N) is 1. The van der Waals surface area contributed by atoms with Crippen molar-refractivity contribution in [2.75, 3.05) is 52.4 Å². The lowest BCUT2D eigenvalue weighted by atomic mass is 10.2. The van der Waals surface area contributed by atoms with Gasteiger partial charge in [-0.05, 0) is 31.5 Å². The second-order valence-corrected chi connectivity index (χ2v) is 7.56. The van der Waals surface area contributed by atoms with Gasteiger partial charge in [0.1, 0.15) is 0 Å². The Hall–Kier alpha value is -1.05. The van der Waals surface area contributed by atoms with Crippen molar-refractivity contribution in [1.29, 1.82) is 0 Å². The Morgan fingerprint density at radius 2 is 1.56 bits per heavy atom. The smallest absolute Gasteiger partial charge is 0.0793 e. The van der Waals surface area contributed by atoms with Crippen molar-refractivity contribution >= 4 is 0 Å². The van der Waals surface area contributed by atoms with Crippen LogP contribution < -0.4 is 0 Å². The Labute approximate surface area is 151 Å². The topological polar surface area (TPSA) is 52.1 Å². The highest BCUT2D eigenvalue weighted by molar-refractivity contribution is 5.09. The quantitative estimate of drug-likeness (QED) is 0.816. The highest BCUT2D eigenvalue weighted by atomic mass is 16.5. The third-order valence-corrected chi connectivity index (χ3v) is 5.05. The molecule has 0 bridgehead atoms. The van der Waals surface area contributed by atoms with Gasteiger partial charge in [-0.2, -0.15) is 0 Å². The summed E-state index contributed by atoms with van der Waals surface area (Å²) in [4.78, 5) is 11.3. The van der Waals surface area contributed by atoms with Crippen LogP contribution >= 0.6 is 0 Å². The number of rotatable bonds is 6. The summed E-state index contributed by atoms with van der Waals surface area (Å²) >= 11 is 0. The van der Waals surface area contributed by atoms with Crippen LogP contribution in [0.1, 0.15) is 19.4 Å². The van der Waals surface area contributed by atoms with Crippen molar-refractivity contribution in [2.45, 2.75) is 38.7 Å². The number of nitrogens with zero attached hydrogens (tertiary/aromatic N) is 4. The number of piperazine rings is 1. The molecule has 0 aromatic carbocycles. The number of aliphatic hydroxyl groups is 1. The Balaban J connectivity index is 1.37. The van der Waals surface area contributed by atoms with Gasteiger partial charge in [-0.3, -0.25) is 19.7 Å². The first kappa shape index (κ1) is 18.7. The maximum absolute atomic E-state index is 10.5. The van der Waals surface area contributed by atoms with Crippen LogP contribution in [0.15, 0.2) is 24.5 Å². The van der Waals surface area contributed by atoms with Crippen molar-refractivity contribution in [1.82, 2.24) is 19.7 Å². The summed E-state index contributed by atoms with van der Waals surface area (Å²) in [7, 11) is 0. The predicted octanol–water partition coefficient (Wildman–Crippen LogP) is 0.669. The lowest BCUT2D eigenvalue weighted by molar-refractivity contribution is -0.0785. The molecule has 0 amide bonds. The molecule has 0 spiro atoms. The molecule has 6 heteroatoms. The van der Waals surface area contributed by atoms with Gasteiger partial charge in [0.15, 0.2) is 0 Å². The molecule has 6 nitrogen and oxygen atoms in total. The summed E-state index contributed by atoms with van der Waals surface area (Å²) in [6.45, 7) is 12.7. The second-order valence-electron chi connectivity index (χ2n) is 7.56. The van der Waals surface area contributed by atoms with Crippen LogP contribution in [-0.4, -0.2) is 95.5 Å². The lowest BCUT2D eigenvalue weighted by Crippen LogP contribution is -2.52. The minimum absolute atomic E-state index is 0.257. The fraction of sp³-hybridized carbons (Fsp3) is 0.737. The van der Waals surface area contributed by atoms with Crippen molar-refractivity contribution in [3.8, 4) is 0 Å². The minimum Gasteiger partial charge on any atom is -0.390 e. The molecule has 3 rings (SSSR count). The molecule has 3 atom stereocenters. The molecule has 1 N–H and O–H groups in total. The minimum atomic E-state index is -0.288. The molecule has 1 aromatic heterocycles. The zero-order valence-corrected chi connectivity index (χ0v) is 15.5. The van der Waals surface area contributed by atoms with Crippen LogP contribution in [0.25, 0.3) is 0 Å². The van der Waals surface area contributed by atoms with Gasteiger partial charge in [0, 0.05) is 71.3 Å². The summed E-state index contributed by atoms with van der Waals surface area (Å²) in [6, 6.07) is 4.17. The average molecular weight is 348 g/mol. The van der Waals surface area contributed by atoms with Crippen LogP contribution in [0, 0.1) is 0 Å². The summed E-state index contributed by atoms with van der Waals surface area (Å²) < 4.78 is 5.77. The van der Waals surface area contributed by atoms with E-state index < -0.39 is 0 Å². The molecule has 0 radical (unpaired) electrons. The van der Waals surface area contributed by atoms with Crippen LogP contribution in [0.5, 0.6) is 0 Å². The van der Waals surface area contributed by atoms with E-state index in [1.54, 1.807) is 0 Å². The maximum atomic E-state index is 10.5. The molecule has 140 valence electrons. The predicted molar refractivity (Wildman–Crippen MR) is 98.4 cm³/mol. The highest BCUT2D eigenvalue weighted by Gasteiger charge is 2.25. The van der Waals surface area contributed by atoms with Crippen LogP contribution in [-0.2, 0) is 11.3 Å². The lowest BCUT2D eigenvalue weighted by Gasteiger charge is -2.38. The number of aliphatic hydroxyl groups excluding tert-OH is 1. The van der Waals surface area contributed by atoms with Crippen molar-refractivity contribution in [3.05, 3.63) is 30.1 Å². The first-order valence-electron chi connectivity index (χ1n) is 9.48. The van der Waals surface area contributed by atoms with E-state index >= 15 is 0 Å². The van der Waals surface area contributed by atoms with Gasteiger partial charge < -0.3 is 9.84 Å². The zero-order valence-electron chi connectivity index (χ0n) is 15.5. The Bertz CT molecular complexity index is 497. The summed E-state index contributed by atoms with van der Waals surface area (Å²) in [5, 5.41) is 10.5. The van der Waals surface area contributed by atoms with E-state index in [4.69, 9.17) is 4.74 Å². The summed E-state index contributed by atoms with van der Waals surface area (Å²) in [6.07, 6.45) is 3.94. The largest absolute Gasteiger partial charge is 0.390 e. The average Bonchev–Trinajstić information content (AvgIpc) is 2.56. The summed E-state index contributed by atoms with van der Waals surface area (Å²) in [5.41, 5.74) is 1.32. The molecule has 2 aliphatic heterocycles. The van der Waals surface area contributed by atoms with E-state index in [1.807, 2.05) is 12.4 Å². The molecule has 2 saturated heterocycles. The third kappa shape index (κ3) is 6.01. The number of ether oxygens (including phenoxy) is 1. The fourth-order valence-electron chi connectivity index (χ4n) is 3.96. The second kappa shape index (κ2) is 9.05. The molecular weight excluding hydrogens is 316 g/mol. The normalized spacial score (nSPS) is 28.1. The fourth-order valence-corrected chi connectivity index (χ4v) is 3.96. The molecule has 3 heterocycles. The van der Waals surface area contributed by atoms with Crippen molar-refractivity contribution in [2.24, 2.45) is 0 Å². The number of aromatic nitrogens is 1. The number of hydrogen-bond donors (Lipinski definition) is 1. The molecular formula is C19H32N4O2. The molecule has 0 saturated carbocycles. The van der Waals surface area contributed by atoms with E-state index in [-0.39, 0.29) is 18.3 Å². The molecule has 3 unspecified atom stereocenters. The zero-order chi connectivity index (χ0) is 17.6. The number of pyridine rings is 1. The third-order valence-electron chi connectivity index (χ3n) is 5.05. The van der Waals surface area contributed by atoms with Gasteiger partial charge in [-0.1, -0.05) is 0 Å². The van der Waals surface area contributed by atoms with Crippen molar-refractivity contribution < 1.29 is 9.84 Å². The van der Waals surface area contributed by atoms with Crippen LogP contribution in [0.4, 0.5) is 0 Å². The van der Waals surface area contributed by atoms with Crippen molar-refractivity contribution in [3.63, 3.8) is 0 Å². The van der Waals surface area contributed by atoms with Gasteiger partial charge in [-0.15, -0.1) is 0 Å².